The summed E-state index contributed by atoms with van der Waals surface area (Å²) in [4.78, 5) is 16.5. The molecule has 120 valence electrons. The zero-order valence-electron chi connectivity index (χ0n) is 12.2. The van der Waals surface area contributed by atoms with Gasteiger partial charge in [-0.2, -0.15) is 0 Å². The van der Waals surface area contributed by atoms with Crippen molar-refractivity contribution in [3.63, 3.8) is 0 Å². The number of nitrogens with one attached hydrogen (secondary N) is 1. The molecule has 22 heavy (non-hydrogen) atoms. The summed E-state index contributed by atoms with van der Waals surface area (Å²) in [5, 5.41) is 3.95. The average molecular weight is 342 g/mol. The normalized spacial score (nSPS) is 20.0. The Hall–Kier alpha value is -1.36. The Bertz CT molecular complexity index is 636. The lowest BCUT2D eigenvalue weighted by Gasteiger charge is -2.14. The van der Waals surface area contributed by atoms with E-state index in [4.69, 9.17) is 5.73 Å². The monoisotopic (exact) mass is 341 g/mol. The van der Waals surface area contributed by atoms with Crippen LogP contribution in [-0.2, 0) is 4.79 Å². The summed E-state index contributed by atoms with van der Waals surface area (Å²) in [6, 6.07) is 11.9. The van der Waals surface area contributed by atoms with Crippen LogP contribution >= 0.6 is 24.8 Å². The second kappa shape index (κ2) is 8.32. The first-order valence-electron chi connectivity index (χ1n) is 7.13. The number of rotatable bonds is 3. The molecule has 2 atom stereocenters. The van der Waals surface area contributed by atoms with Crippen LogP contribution in [0.2, 0.25) is 0 Å². The first kappa shape index (κ1) is 18.7. The van der Waals surface area contributed by atoms with Crippen molar-refractivity contribution in [2.75, 3.05) is 5.32 Å². The molecule has 0 saturated heterocycles. The number of nitrogens with zero attached hydrogens (tertiary/aromatic N) is 1. The van der Waals surface area contributed by atoms with Crippen molar-refractivity contribution in [2.24, 2.45) is 11.7 Å². The molecule has 1 fully saturated rings. The number of hydrogen-bond donors (Lipinski definition) is 2. The lowest BCUT2D eigenvalue weighted by molar-refractivity contribution is -0.117. The Morgan fingerprint density at radius 1 is 1.18 bits per heavy atom. The molecule has 3 rings (SSSR count). The maximum atomic E-state index is 12.0. The number of carbonyl (C=O) groups is 1. The number of carbonyl (C=O) groups excluding carboxylic acids is 1. The Labute approximate surface area is 142 Å². The smallest absolute Gasteiger partial charge is 0.225 e. The van der Waals surface area contributed by atoms with E-state index in [1.165, 1.54) is 0 Å². The average Bonchev–Trinajstić information content (AvgIpc) is 2.84. The predicted molar refractivity (Wildman–Crippen MR) is 94.8 cm³/mol. The van der Waals surface area contributed by atoms with E-state index in [0.717, 1.165) is 30.2 Å². The molecular formula is C16H21Cl2N3O. The molecule has 1 aliphatic carbocycles. The molecule has 2 aromatic rings. The summed E-state index contributed by atoms with van der Waals surface area (Å²) in [7, 11) is 0. The van der Waals surface area contributed by atoms with Crippen LogP contribution in [0.25, 0.3) is 10.9 Å². The van der Waals surface area contributed by atoms with E-state index in [0.29, 0.717) is 18.2 Å². The van der Waals surface area contributed by atoms with Gasteiger partial charge in [0.25, 0.3) is 0 Å². The highest BCUT2D eigenvalue weighted by molar-refractivity contribution is 5.91. The second-order valence-corrected chi connectivity index (χ2v) is 5.50. The predicted octanol–water partition coefficient (Wildman–Crippen LogP) is 3.53. The molecule has 1 aromatic carbocycles. The molecule has 4 nitrogen and oxygen atoms in total. The van der Waals surface area contributed by atoms with Crippen LogP contribution in [0, 0.1) is 5.92 Å². The van der Waals surface area contributed by atoms with Gasteiger partial charge in [-0.1, -0.05) is 24.6 Å². The third kappa shape index (κ3) is 4.32. The van der Waals surface area contributed by atoms with E-state index < -0.39 is 0 Å². The van der Waals surface area contributed by atoms with Gasteiger partial charge < -0.3 is 11.1 Å². The summed E-state index contributed by atoms with van der Waals surface area (Å²) in [5.41, 5.74) is 6.89. The van der Waals surface area contributed by atoms with Crippen molar-refractivity contribution < 1.29 is 4.79 Å². The minimum absolute atomic E-state index is 0. The number of fused-ring (bicyclic) bond motifs is 1. The summed E-state index contributed by atoms with van der Waals surface area (Å²) in [6.07, 6.45) is 3.72. The van der Waals surface area contributed by atoms with Gasteiger partial charge in [-0.15, -0.1) is 24.8 Å². The van der Waals surface area contributed by atoms with E-state index in [1.54, 1.807) is 0 Å². The van der Waals surface area contributed by atoms with Crippen LogP contribution < -0.4 is 11.1 Å². The molecule has 1 heterocycles. The summed E-state index contributed by atoms with van der Waals surface area (Å²) >= 11 is 0. The van der Waals surface area contributed by atoms with Gasteiger partial charge in [-0.25, -0.2) is 4.98 Å². The van der Waals surface area contributed by atoms with Gasteiger partial charge in [-0.05, 0) is 37.0 Å². The Balaban J connectivity index is 0.00000121. The number of amides is 1. The van der Waals surface area contributed by atoms with Crippen LogP contribution in [0.1, 0.15) is 25.7 Å². The Kier molecular flexibility index (Phi) is 7.07. The van der Waals surface area contributed by atoms with Gasteiger partial charge >= 0.3 is 0 Å². The van der Waals surface area contributed by atoms with Crippen molar-refractivity contribution >= 4 is 47.4 Å². The molecule has 0 unspecified atom stereocenters. The Morgan fingerprint density at radius 3 is 2.68 bits per heavy atom. The van der Waals surface area contributed by atoms with Gasteiger partial charge in [0.1, 0.15) is 5.82 Å². The zero-order valence-corrected chi connectivity index (χ0v) is 13.8. The summed E-state index contributed by atoms with van der Waals surface area (Å²) in [6.45, 7) is 0. The van der Waals surface area contributed by atoms with Gasteiger partial charge in [-0.3, -0.25) is 4.79 Å². The third-order valence-electron chi connectivity index (χ3n) is 4.03. The van der Waals surface area contributed by atoms with Gasteiger partial charge in [0.05, 0.1) is 5.52 Å². The molecule has 1 aliphatic rings. The minimum atomic E-state index is 0. The van der Waals surface area contributed by atoms with Gasteiger partial charge in [0, 0.05) is 17.8 Å². The number of nitrogens with two attached hydrogens (primary N) is 1. The third-order valence-corrected chi connectivity index (χ3v) is 4.03. The molecule has 0 bridgehead atoms. The number of halogens is 2. The largest absolute Gasteiger partial charge is 0.327 e. The van der Waals surface area contributed by atoms with Crippen molar-refractivity contribution in [2.45, 2.75) is 31.7 Å². The second-order valence-electron chi connectivity index (χ2n) is 5.50. The zero-order chi connectivity index (χ0) is 13.9. The lowest BCUT2D eigenvalue weighted by Crippen LogP contribution is -2.28. The fourth-order valence-electron chi connectivity index (χ4n) is 2.89. The molecular weight excluding hydrogens is 321 g/mol. The highest BCUT2D eigenvalue weighted by atomic mass is 35.5. The summed E-state index contributed by atoms with van der Waals surface area (Å²) < 4.78 is 0. The van der Waals surface area contributed by atoms with Crippen LogP contribution in [-0.4, -0.2) is 16.9 Å². The molecule has 0 radical (unpaired) electrons. The lowest BCUT2D eigenvalue weighted by atomic mass is 10.00. The number of para-hydroxylation sites is 1. The van der Waals surface area contributed by atoms with E-state index >= 15 is 0 Å². The molecule has 6 heteroatoms. The highest BCUT2D eigenvalue weighted by Crippen LogP contribution is 2.27. The molecule has 1 aromatic heterocycles. The topological polar surface area (TPSA) is 68.0 Å². The van der Waals surface area contributed by atoms with Crippen molar-refractivity contribution in [3.05, 3.63) is 36.4 Å². The van der Waals surface area contributed by atoms with E-state index in [1.807, 2.05) is 36.4 Å². The van der Waals surface area contributed by atoms with E-state index in [2.05, 4.69) is 10.3 Å². The summed E-state index contributed by atoms with van der Waals surface area (Å²) in [5.74, 6) is 0.936. The van der Waals surface area contributed by atoms with Crippen LogP contribution in [0.3, 0.4) is 0 Å². The number of aromatic nitrogens is 1. The number of benzene rings is 1. The molecule has 3 N–H and O–H groups in total. The molecule has 0 spiro atoms. The highest BCUT2D eigenvalue weighted by Gasteiger charge is 2.26. The van der Waals surface area contributed by atoms with Gasteiger partial charge in [0.15, 0.2) is 0 Å². The van der Waals surface area contributed by atoms with E-state index in [-0.39, 0.29) is 36.8 Å². The van der Waals surface area contributed by atoms with Crippen LogP contribution in [0.4, 0.5) is 5.82 Å². The van der Waals surface area contributed by atoms with Crippen molar-refractivity contribution in [1.82, 2.24) is 4.98 Å². The maximum Gasteiger partial charge on any atom is 0.225 e. The first-order valence-corrected chi connectivity index (χ1v) is 7.13. The maximum absolute atomic E-state index is 12.0. The SMILES string of the molecule is Cl.Cl.N[C@@H]1CCC[C@H]1CC(=O)Nc1ccc2ccccc2n1. The molecule has 1 amide bonds. The van der Waals surface area contributed by atoms with Crippen LogP contribution in [0.15, 0.2) is 36.4 Å². The van der Waals surface area contributed by atoms with Crippen molar-refractivity contribution in [3.8, 4) is 0 Å². The van der Waals surface area contributed by atoms with E-state index in [9.17, 15) is 4.79 Å². The number of pyridine rings is 1. The first-order chi connectivity index (χ1) is 9.72. The number of anilines is 1. The fraction of sp³-hybridized carbons (Fsp3) is 0.375. The number of hydrogen-bond acceptors (Lipinski definition) is 3. The minimum Gasteiger partial charge on any atom is -0.327 e. The fourth-order valence-corrected chi connectivity index (χ4v) is 2.89. The van der Waals surface area contributed by atoms with Crippen LogP contribution in [0.5, 0.6) is 0 Å². The molecule has 0 aliphatic heterocycles. The molecule has 1 saturated carbocycles. The quantitative estimate of drug-likeness (QED) is 0.897. The Morgan fingerprint density at radius 2 is 1.95 bits per heavy atom. The van der Waals surface area contributed by atoms with Crippen molar-refractivity contribution in [1.29, 1.82) is 0 Å². The van der Waals surface area contributed by atoms with Gasteiger partial charge in [0.2, 0.25) is 5.91 Å². The standard InChI is InChI=1S/C16H19N3O.2ClH/c17-13-6-3-5-12(13)10-16(20)19-15-9-8-11-4-1-2-7-14(11)18-15;;/h1-2,4,7-9,12-13H,3,5-6,10,17H2,(H,18,19,20);2*1H/t12-,13+;;/m0../s1.